The Morgan fingerprint density at radius 1 is 0.821 bits per heavy atom. The molecule has 0 aliphatic carbocycles. The van der Waals surface area contributed by atoms with Crippen molar-refractivity contribution < 1.29 is 19.0 Å². The molecule has 0 radical (unpaired) electrons. The van der Waals surface area contributed by atoms with Crippen LogP contribution in [0.25, 0.3) is 10.9 Å². The first-order valence-electron chi connectivity index (χ1n) is 12.9. The average Bonchev–Trinajstić information content (AvgIpc) is 3.33. The molecular weight excluding hydrogens is 488 g/mol. The van der Waals surface area contributed by atoms with Gasteiger partial charge in [-0.2, -0.15) is 0 Å². The van der Waals surface area contributed by atoms with Gasteiger partial charge in [0.25, 0.3) is 0 Å². The van der Waals surface area contributed by atoms with Gasteiger partial charge in [0.15, 0.2) is 11.5 Å². The third kappa shape index (κ3) is 5.91. The summed E-state index contributed by atoms with van der Waals surface area (Å²) >= 11 is 0. The fraction of sp³-hybridized carbons (Fsp3) is 0.182. The van der Waals surface area contributed by atoms with Crippen LogP contribution in [0, 0.1) is 0 Å². The molecule has 1 aromatic heterocycles. The molecule has 0 aliphatic rings. The molecule has 5 rings (SSSR count). The summed E-state index contributed by atoms with van der Waals surface area (Å²) in [6, 6.07) is 32.1. The van der Waals surface area contributed by atoms with E-state index in [2.05, 4.69) is 35.0 Å². The van der Waals surface area contributed by atoms with Crippen LogP contribution in [0.5, 0.6) is 17.2 Å². The van der Waals surface area contributed by atoms with Crippen molar-refractivity contribution in [2.75, 3.05) is 14.2 Å². The standard InChI is InChI=1S/C33H32N2O4/c1-37-26-15-12-23(13-16-26)20-35-21-29(27-10-6-7-11-30(27)35)28(19-33(34)36)25-14-17-31(32(18-25)38-2)39-22-24-8-4-3-5-9-24/h3-18,21,28H,19-20,22H2,1-2H3,(H2,34,36)/t28-/m0/s1. The molecule has 0 saturated heterocycles. The molecule has 0 saturated carbocycles. The van der Waals surface area contributed by atoms with Gasteiger partial charge < -0.3 is 24.5 Å². The Labute approximate surface area is 228 Å². The lowest BCUT2D eigenvalue weighted by Crippen LogP contribution is -2.16. The van der Waals surface area contributed by atoms with E-state index >= 15 is 0 Å². The van der Waals surface area contributed by atoms with Crippen LogP contribution in [0.4, 0.5) is 0 Å². The third-order valence-electron chi connectivity index (χ3n) is 6.94. The molecule has 4 aromatic carbocycles. The topological polar surface area (TPSA) is 75.7 Å². The molecule has 39 heavy (non-hydrogen) atoms. The van der Waals surface area contributed by atoms with Gasteiger partial charge in [0.2, 0.25) is 5.91 Å². The lowest BCUT2D eigenvalue weighted by Gasteiger charge is -2.18. The van der Waals surface area contributed by atoms with Gasteiger partial charge in [-0.15, -0.1) is 0 Å². The molecule has 0 aliphatic heterocycles. The molecule has 0 spiro atoms. The van der Waals surface area contributed by atoms with Gasteiger partial charge >= 0.3 is 0 Å². The van der Waals surface area contributed by atoms with Crippen molar-refractivity contribution in [3.05, 3.63) is 126 Å². The zero-order valence-corrected chi connectivity index (χ0v) is 22.2. The van der Waals surface area contributed by atoms with Crippen molar-refractivity contribution in [2.45, 2.75) is 25.5 Å². The highest BCUT2D eigenvalue weighted by atomic mass is 16.5. The number of hydrogen-bond acceptors (Lipinski definition) is 4. The highest BCUT2D eigenvalue weighted by molar-refractivity contribution is 5.86. The Morgan fingerprint density at radius 3 is 2.28 bits per heavy atom. The number of carbonyl (C=O) groups excluding carboxylic acids is 1. The van der Waals surface area contributed by atoms with Crippen LogP contribution < -0.4 is 19.9 Å². The van der Waals surface area contributed by atoms with Crippen LogP contribution >= 0.6 is 0 Å². The number of hydrogen-bond donors (Lipinski definition) is 1. The normalized spacial score (nSPS) is 11.7. The maximum absolute atomic E-state index is 12.3. The monoisotopic (exact) mass is 520 g/mol. The number of benzene rings is 4. The summed E-state index contributed by atoms with van der Waals surface area (Å²) in [7, 11) is 3.29. The molecule has 6 nitrogen and oxygen atoms in total. The van der Waals surface area contributed by atoms with Crippen molar-refractivity contribution in [1.29, 1.82) is 0 Å². The van der Waals surface area contributed by atoms with Crippen LogP contribution in [0.15, 0.2) is 103 Å². The number of nitrogens with two attached hydrogens (primary N) is 1. The largest absolute Gasteiger partial charge is 0.497 e. The number of para-hydroxylation sites is 1. The summed E-state index contributed by atoms with van der Waals surface area (Å²) < 4.78 is 19.3. The van der Waals surface area contributed by atoms with E-state index in [9.17, 15) is 4.79 Å². The fourth-order valence-electron chi connectivity index (χ4n) is 4.98. The second-order valence-electron chi connectivity index (χ2n) is 9.49. The van der Waals surface area contributed by atoms with E-state index in [1.54, 1.807) is 14.2 Å². The van der Waals surface area contributed by atoms with Crippen molar-refractivity contribution in [1.82, 2.24) is 4.57 Å². The molecule has 6 heteroatoms. The number of primary amides is 1. The molecule has 198 valence electrons. The Bertz CT molecular complexity index is 1560. The molecule has 5 aromatic rings. The minimum atomic E-state index is -0.365. The van der Waals surface area contributed by atoms with Crippen molar-refractivity contribution in [3.8, 4) is 17.2 Å². The Kier molecular flexibility index (Phi) is 7.83. The fourth-order valence-corrected chi connectivity index (χ4v) is 4.98. The highest BCUT2D eigenvalue weighted by Gasteiger charge is 2.23. The lowest BCUT2D eigenvalue weighted by atomic mass is 9.88. The summed E-state index contributed by atoms with van der Waals surface area (Å²) in [6.45, 7) is 1.11. The van der Waals surface area contributed by atoms with E-state index in [0.29, 0.717) is 24.7 Å². The Balaban J connectivity index is 1.50. The zero-order valence-electron chi connectivity index (χ0n) is 22.2. The van der Waals surface area contributed by atoms with Gasteiger partial charge in [-0.05, 0) is 52.6 Å². The van der Waals surface area contributed by atoms with Crippen LogP contribution in [0.3, 0.4) is 0 Å². The predicted octanol–water partition coefficient (Wildman–Crippen LogP) is 6.29. The molecule has 0 fully saturated rings. The lowest BCUT2D eigenvalue weighted by molar-refractivity contribution is -0.118. The molecule has 1 atom stereocenters. The van der Waals surface area contributed by atoms with Crippen LogP contribution in [-0.4, -0.2) is 24.7 Å². The van der Waals surface area contributed by atoms with Crippen LogP contribution in [0.2, 0.25) is 0 Å². The van der Waals surface area contributed by atoms with E-state index < -0.39 is 0 Å². The molecule has 2 N–H and O–H groups in total. The number of methoxy groups -OCH3 is 2. The number of aromatic nitrogens is 1. The van der Waals surface area contributed by atoms with Gasteiger partial charge in [0.05, 0.1) is 14.2 Å². The van der Waals surface area contributed by atoms with E-state index in [1.165, 1.54) is 0 Å². The molecule has 1 amide bonds. The van der Waals surface area contributed by atoms with Gasteiger partial charge in [0, 0.05) is 36.0 Å². The van der Waals surface area contributed by atoms with Crippen molar-refractivity contribution in [3.63, 3.8) is 0 Å². The molecule has 0 bridgehead atoms. The second kappa shape index (κ2) is 11.8. The first kappa shape index (κ1) is 25.9. The summed E-state index contributed by atoms with van der Waals surface area (Å²) in [6.07, 6.45) is 2.30. The summed E-state index contributed by atoms with van der Waals surface area (Å²) in [5.41, 5.74) is 11.1. The van der Waals surface area contributed by atoms with Gasteiger partial charge in [-0.1, -0.05) is 66.7 Å². The molecule has 0 unspecified atom stereocenters. The van der Waals surface area contributed by atoms with Crippen LogP contribution in [0.1, 0.15) is 34.6 Å². The van der Waals surface area contributed by atoms with Gasteiger partial charge in [-0.3, -0.25) is 4.79 Å². The number of amides is 1. The SMILES string of the molecule is COc1ccc(Cn2cc([C@@H](CC(N)=O)c3ccc(OCc4ccccc4)c(OC)c3)c3ccccc32)cc1. The number of ether oxygens (including phenoxy) is 3. The summed E-state index contributed by atoms with van der Waals surface area (Å²) in [5.74, 6) is 1.46. The first-order valence-corrected chi connectivity index (χ1v) is 12.9. The number of nitrogens with zero attached hydrogens (tertiary/aromatic N) is 1. The highest BCUT2D eigenvalue weighted by Crippen LogP contribution is 2.39. The van der Waals surface area contributed by atoms with E-state index in [-0.39, 0.29) is 18.2 Å². The Hall–Kier alpha value is -4.71. The smallest absolute Gasteiger partial charge is 0.218 e. The maximum Gasteiger partial charge on any atom is 0.218 e. The number of fused-ring (bicyclic) bond motifs is 1. The van der Waals surface area contributed by atoms with E-state index in [4.69, 9.17) is 19.9 Å². The van der Waals surface area contributed by atoms with Crippen molar-refractivity contribution >= 4 is 16.8 Å². The van der Waals surface area contributed by atoms with Crippen molar-refractivity contribution in [2.24, 2.45) is 5.73 Å². The minimum absolute atomic E-state index is 0.171. The van der Waals surface area contributed by atoms with Crippen LogP contribution in [-0.2, 0) is 17.9 Å². The second-order valence-corrected chi connectivity index (χ2v) is 9.49. The van der Waals surface area contributed by atoms with Gasteiger partial charge in [-0.25, -0.2) is 0 Å². The average molecular weight is 521 g/mol. The predicted molar refractivity (Wildman–Crippen MR) is 153 cm³/mol. The third-order valence-corrected chi connectivity index (χ3v) is 6.94. The van der Waals surface area contributed by atoms with E-state index in [1.807, 2.05) is 72.8 Å². The Morgan fingerprint density at radius 2 is 1.56 bits per heavy atom. The quantitative estimate of drug-likeness (QED) is 0.222. The minimum Gasteiger partial charge on any atom is -0.497 e. The molecule has 1 heterocycles. The maximum atomic E-state index is 12.3. The number of carbonyl (C=O) groups is 1. The zero-order chi connectivity index (χ0) is 27.2. The molecular formula is C33H32N2O4. The van der Waals surface area contributed by atoms with Gasteiger partial charge in [0.1, 0.15) is 12.4 Å². The summed E-state index contributed by atoms with van der Waals surface area (Å²) in [5, 5.41) is 1.08. The first-order chi connectivity index (χ1) is 19.1. The van der Waals surface area contributed by atoms with E-state index in [0.717, 1.165) is 38.9 Å². The number of rotatable bonds is 11. The summed E-state index contributed by atoms with van der Waals surface area (Å²) in [4.78, 5) is 12.3.